The van der Waals surface area contributed by atoms with Gasteiger partial charge < -0.3 is 10.2 Å². The van der Waals surface area contributed by atoms with Crippen LogP contribution < -0.4 is 5.73 Å². The lowest BCUT2D eigenvalue weighted by Gasteiger charge is -2.19. The molecule has 7 heteroatoms. The van der Waals surface area contributed by atoms with Crippen LogP contribution in [0.25, 0.3) is 6.08 Å². The number of carbonyl (C=O) groups is 1. The van der Waals surface area contributed by atoms with E-state index in [2.05, 4.69) is 0 Å². The van der Waals surface area contributed by atoms with Crippen LogP contribution in [0.15, 0.2) is 82.8 Å². The zero-order chi connectivity index (χ0) is 20.0. The van der Waals surface area contributed by atoms with Crippen LogP contribution in [0, 0.1) is 0 Å². The van der Waals surface area contributed by atoms with Gasteiger partial charge in [-0.1, -0.05) is 42.5 Å². The molecule has 1 aromatic heterocycles. The van der Waals surface area contributed by atoms with E-state index in [9.17, 15) is 13.2 Å². The smallest absolute Gasteiger partial charge is 0.248 e. The molecule has 144 valence electrons. The van der Waals surface area contributed by atoms with Crippen LogP contribution in [-0.4, -0.2) is 18.6 Å². The maximum Gasteiger partial charge on any atom is 0.248 e. The molecule has 3 rings (SSSR count). The van der Waals surface area contributed by atoms with E-state index < -0.39 is 15.9 Å². The molecular weight excluding hydrogens is 376 g/mol. The van der Waals surface area contributed by atoms with E-state index in [1.807, 2.05) is 30.3 Å². The Morgan fingerprint density at radius 3 is 2.29 bits per heavy atom. The normalized spacial score (nSPS) is 11.9. The Bertz CT molecular complexity index is 1040. The highest BCUT2D eigenvalue weighted by Crippen LogP contribution is 2.17. The van der Waals surface area contributed by atoms with Crippen molar-refractivity contribution in [2.45, 2.75) is 13.1 Å². The van der Waals surface area contributed by atoms with Crippen molar-refractivity contribution < 1.29 is 17.6 Å². The number of carbonyl (C=O) groups excluding carboxylic acids is 1. The van der Waals surface area contributed by atoms with Crippen molar-refractivity contribution in [2.75, 3.05) is 0 Å². The monoisotopic (exact) mass is 396 g/mol. The largest absolute Gasteiger partial charge is 0.468 e. The topological polar surface area (TPSA) is 93.6 Å². The highest BCUT2D eigenvalue weighted by atomic mass is 32.2. The van der Waals surface area contributed by atoms with Crippen LogP contribution in [0.4, 0.5) is 0 Å². The van der Waals surface area contributed by atoms with Gasteiger partial charge in [-0.15, -0.1) is 0 Å². The first-order chi connectivity index (χ1) is 13.4. The molecule has 0 aliphatic heterocycles. The molecule has 0 aliphatic rings. The number of benzene rings is 2. The maximum atomic E-state index is 12.9. The number of primary amides is 1. The molecular formula is C21H20N2O4S. The molecule has 0 fully saturated rings. The van der Waals surface area contributed by atoms with Crippen molar-refractivity contribution in [3.8, 4) is 0 Å². The number of nitrogens with zero attached hydrogens (tertiary/aromatic N) is 1. The molecule has 0 saturated carbocycles. The molecule has 0 spiro atoms. The van der Waals surface area contributed by atoms with Crippen LogP contribution >= 0.6 is 0 Å². The van der Waals surface area contributed by atoms with Gasteiger partial charge in [-0.3, -0.25) is 4.79 Å². The summed E-state index contributed by atoms with van der Waals surface area (Å²) in [5.41, 5.74) is 7.14. The Hall–Kier alpha value is -3.16. The predicted molar refractivity (Wildman–Crippen MR) is 107 cm³/mol. The Morgan fingerprint density at radius 2 is 1.68 bits per heavy atom. The summed E-state index contributed by atoms with van der Waals surface area (Å²) in [6, 6.07) is 19.2. The fraction of sp³-hybridized carbons (Fsp3) is 0.0952. The van der Waals surface area contributed by atoms with E-state index in [0.717, 1.165) is 11.1 Å². The van der Waals surface area contributed by atoms with Gasteiger partial charge in [-0.2, -0.15) is 4.31 Å². The highest BCUT2D eigenvalue weighted by molar-refractivity contribution is 7.92. The molecule has 3 aromatic rings. The first-order valence-corrected chi connectivity index (χ1v) is 10.1. The first-order valence-electron chi connectivity index (χ1n) is 8.58. The summed E-state index contributed by atoms with van der Waals surface area (Å²) in [5, 5.41) is 1.18. The molecule has 0 atom stereocenters. The molecule has 0 saturated heterocycles. The molecule has 1 amide bonds. The van der Waals surface area contributed by atoms with Crippen molar-refractivity contribution in [2.24, 2.45) is 5.73 Å². The van der Waals surface area contributed by atoms with E-state index in [-0.39, 0.29) is 13.1 Å². The number of hydrogen-bond donors (Lipinski definition) is 1. The molecule has 0 radical (unpaired) electrons. The summed E-state index contributed by atoms with van der Waals surface area (Å²) in [4.78, 5) is 11.2. The Kier molecular flexibility index (Phi) is 6.08. The Labute approximate surface area is 163 Å². The van der Waals surface area contributed by atoms with Crippen LogP contribution in [0.2, 0.25) is 0 Å². The Morgan fingerprint density at radius 1 is 0.964 bits per heavy atom. The zero-order valence-electron chi connectivity index (χ0n) is 15.1. The maximum absolute atomic E-state index is 12.9. The molecule has 0 unspecified atom stereocenters. The standard InChI is InChI=1S/C21H20N2O4S/c22-21(24)19-10-8-18(9-11-19)15-23(16-20-7-4-13-27-20)28(25,26)14-12-17-5-2-1-3-6-17/h1-14H,15-16H2,(H2,22,24)/b14-12+. The fourth-order valence-electron chi connectivity index (χ4n) is 2.61. The second-order valence-electron chi connectivity index (χ2n) is 6.17. The fourth-order valence-corrected chi connectivity index (χ4v) is 3.74. The minimum Gasteiger partial charge on any atom is -0.468 e. The van der Waals surface area contributed by atoms with Crippen LogP contribution in [0.1, 0.15) is 27.2 Å². The summed E-state index contributed by atoms with van der Waals surface area (Å²) >= 11 is 0. The second-order valence-corrected chi connectivity index (χ2v) is 7.99. The lowest BCUT2D eigenvalue weighted by Crippen LogP contribution is -2.28. The van der Waals surface area contributed by atoms with E-state index in [1.165, 1.54) is 16.0 Å². The summed E-state index contributed by atoms with van der Waals surface area (Å²) in [6.45, 7) is 0.216. The van der Waals surface area contributed by atoms with Gasteiger partial charge in [0.2, 0.25) is 15.9 Å². The highest BCUT2D eigenvalue weighted by Gasteiger charge is 2.21. The summed E-state index contributed by atoms with van der Waals surface area (Å²) < 4.78 is 32.5. The lowest BCUT2D eigenvalue weighted by atomic mass is 10.1. The third-order valence-electron chi connectivity index (χ3n) is 4.10. The number of hydrogen-bond acceptors (Lipinski definition) is 4. The van der Waals surface area contributed by atoms with Gasteiger partial charge in [0.1, 0.15) is 5.76 Å². The lowest BCUT2D eigenvalue weighted by molar-refractivity contribution is 0.1000. The number of amides is 1. The summed E-state index contributed by atoms with van der Waals surface area (Å²) in [5.74, 6) is 0.00264. The van der Waals surface area contributed by atoms with E-state index in [0.29, 0.717) is 11.3 Å². The summed E-state index contributed by atoms with van der Waals surface area (Å²) in [6.07, 6.45) is 3.06. The first kappa shape index (κ1) is 19.6. The Balaban J connectivity index is 1.85. The predicted octanol–water partition coefficient (Wildman–Crippen LogP) is 3.38. The van der Waals surface area contributed by atoms with E-state index in [4.69, 9.17) is 10.2 Å². The number of furan rings is 1. The molecule has 6 nitrogen and oxygen atoms in total. The van der Waals surface area contributed by atoms with Crippen molar-refractivity contribution in [1.29, 1.82) is 0 Å². The van der Waals surface area contributed by atoms with Gasteiger partial charge in [0, 0.05) is 17.5 Å². The molecule has 2 N–H and O–H groups in total. The third-order valence-corrected chi connectivity index (χ3v) is 5.56. The quantitative estimate of drug-likeness (QED) is 0.632. The molecule has 1 heterocycles. The molecule has 2 aromatic carbocycles. The zero-order valence-corrected chi connectivity index (χ0v) is 15.9. The van der Waals surface area contributed by atoms with Crippen molar-refractivity contribution >= 4 is 22.0 Å². The van der Waals surface area contributed by atoms with Crippen molar-refractivity contribution in [3.63, 3.8) is 0 Å². The van der Waals surface area contributed by atoms with Crippen LogP contribution in [-0.2, 0) is 23.1 Å². The average Bonchev–Trinajstić information content (AvgIpc) is 3.20. The van der Waals surface area contributed by atoms with Crippen LogP contribution in [0.3, 0.4) is 0 Å². The van der Waals surface area contributed by atoms with Gasteiger partial charge in [0.25, 0.3) is 0 Å². The third kappa shape index (κ3) is 5.18. The number of nitrogens with two attached hydrogens (primary N) is 1. The minimum absolute atomic E-state index is 0.0893. The number of sulfonamides is 1. The summed E-state index contributed by atoms with van der Waals surface area (Å²) in [7, 11) is -3.72. The molecule has 0 aliphatic carbocycles. The van der Waals surface area contributed by atoms with Gasteiger partial charge in [-0.05, 0) is 41.5 Å². The SMILES string of the molecule is NC(=O)c1ccc(CN(Cc2ccco2)S(=O)(=O)/C=C/c2ccccc2)cc1. The van der Waals surface area contributed by atoms with Crippen LogP contribution in [0.5, 0.6) is 0 Å². The number of rotatable bonds is 8. The second kappa shape index (κ2) is 8.69. The van der Waals surface area contributed by atoms with Gasteiger partial charge >= 0.3 is 0 Å². The van der Waals surface area contributed by atoms with Gasteiger partial charge in [0.05, 0.1) is 12.8 Å². The minimum atomic E-state index is -3.72. The van der Waals surface area contributed by atoms with E-state index in [1.54, 1.807) is 42.5 Å². The van der Waals surface area contributed by atoms with Crippen molar-refractivity contribution in [3.05, 3.63) is 101 Å². The molecule has 0 bridgehead atoms. The van der Waals surface area contributed by atoms with E-state index >= 15 is 0 Å². The molecule has 28 heavy (non-hydrogen) atoms. The van der Waals surface area contributed by atoms with Crippen molar-refractivity contribution in [1.82, 2.24) is 4.31 Å². The average molecular weight is 396 g/mol. The van der Waals surface area contributed by atoms with Gasteiger partial charge in [-0.25, -0.2) is 8.42 Å². The van der Waals surface area contributed by atoms with Gasteiger partial charge in [0.15, 0.2) is 0 Å².